The number of ether oxygens (including phenoxy) is 1. The van der Waals surface area contributed by atoms with Crippen LogP contribution in [0.25, 0.3) is 0 Å². The standard InChI is InChI=1S/C30H42ClNO2/c1-5-34-28(33)14-9-10-21-32(23-25-12-7-6-8-13-25)29(4,22-24(2)3)30(19-11-20-30)26-15-17-27(31)18-16-26/h6-8,12-13,15-18,24H,5,9-11,14,19-23H2,1-4H3. The van der Waals surface area contributed by atoms with E-state index in [1.54, 1.807) is 0 Å². The van der Waals surface area contributed by atoms with E-state index >= 15 is 0 Å². The molecule has 4 heteroatoms. The van der Waals surface area contributed by atoms with Crippen LogP contribution in [0.2, 0.25) is 5.02 Å². The van der Waals surface area contributed by atoms with Crippen molar-refractivity contribution in [2.75, 3.05) is 13.2 Å². The molecule has 2 aromatic carbocycles. The van der Waals surface area contributed by atoms with Crippen LogP contribution >= 0.6 is 11.6 Å². The molecular formula is C30H42ClNO2. The average molecular weight is 484 g/mol. The van der Waals surface area contributed by atoms with Crippen LogP contribution in [-0.2, 0) is 21.5 Å². The van der Waals surface area contributed by atoms with E-state index in [4.69, 9.17) is 16.3 Å². The van der Waals surface area contributed by atoms with Crippen LogP contribution in [-0.4, -0.2) is 29.6 Å². The summed E-state index contributed by atoms with van der Waals surface area (Å²) in [6.45, 7) is 11.4. The Balaban J connectivity index is 1.92. The number of rotatable bonds is 13. The van der Waals surface area contributed by atoms with E-state index in [-0.39, 0.29) is 16.9 Å². The third-order valence-electron chi connectivity index (χ3n) is 7.72. The molecule has 2 aromatic rings. The van der Waals surface area contributed by atoms with Crippen LogP contribution in [0.4, 0.5) is 0 Å². The summed E-state index contributed by atoms with van der Waals surface area (Å²) >= 11 is 6.28. The molecule has 186 valence electrons. The minimum absolute atomic E-state index is 0.00693. The van der Waals surface area contributed by atoms with Crippen molar-refractivity contribution in [1.29, 1.82) is 0 Å². The van der Waals surface area contributed by atoms with Gasteiger partial charge in [-0.05, 0) is 81.7 Å². The lowest BCUT2D eigenvalue weighted by atomic mass is 9.52. The summed E-state index contributed by atoms with van der Waals surface area (Å²) < 4.78 is 5.15. The molecule has 34 heavy (non-hydrogen) atoms. The number of carbonyl (C=O) groups excluding carboxylic acids is 1. The molecule has 0 radical (unpaired) electrons. The largest absolute Gasteiger partial charge is 0.466 e. The van der Waals surface area contributed by atoms with Gasteiger partial charge in [-0.15, -0.1) is 0 Å². The van der Waals surface area contributed by atoms with Gasteiger partial charge >= 0.3 is 5.97 Å². The molecular weight excluding hydrogens is 442 g/mol. The molecule has 3 rings (SSSR count). The van der Waals surface area contributed by atoms with E-state index in [9.17, 15) is 4.79 Å². The number of carbonyl (C=O) groups is 1. The van der Waals surface area contributed by atoms with Crippen LogP contribution in [0.3, 0.4) is 0 Å². The third-order valence-corrected chi connectivity index (χ3v) is 7.97. The molecule has 1 atom stereocenters. The highest BCUT2D eigenvalue weighted by Gasteiger charge is 2.55. The van der Waals surface area contributed by atoms with Crippen molar-refractivity contribution >= 4 is 17.6 Å². The summed E-state index contributed by atoms with van der Waals surface area (Å²) in [5.74, 6) is 0.492. The number of halogens is 1. The number of hydrogen-bond acceptors (Lipinski definition) is 3. The summed E-state index contributed by atoms with van der Waals surface area (Å²) in [5.41, 5.74) is 2.86. The molecule has 0 aliphatic heterocycles. The topological polar surface area (TPSA) is 29.5 Å². The molecule has 1 aliphatic carbocycles. The molecule has 1 saturated carbocycles. The van der Waals surface area contributed by atoms with Gasteiger partial charge in [0, 0.05) is 28.9 Å². The molecule has 1 aliphatic rings. The van der Waals surface area contributed by atoms with Gasteiger partial charge in [-0.1, -0.05) is 74.3 Å². The average Bonchev–Trinajstić information content (AvgIpc) is 2.76. The van der Waals surface area contributed by atoms with Crippen molar-refractivity contribution in [3.05, 3.63) is 70.7 Å². The van der Waals surface area contributed by atoms with Gasteiger partial charge in [0.15, 0.2) is 0 Å². The van der Waals surface area contributed by atoms with E-state index in [1.165, 1.54) is 30.4 Å². The Morgan fingerprint density at radius 1 is 1.09 bits per heavy atom. The van der Waals surface area contributed by atoms with Gasteiger partial charge in [0.25, 0.3) is 0 Å². The zero-order chi connectivity index (χ0) is 24.6. The van der Waals surface area contributed by atoms with E-state index < -0.39 is 0 Å². The van der Waals surface area contributed by atoms with Crippen LogP contribution < -0.4 is 0 Å². The van der Waals surface area contributed by atoms with Crippen molar-refractivity contribution in [2.45, 2.75) is 90.1 Å². The molecule has 1 fully saturated rings. The Kier molecular flexibility index (Phi) is 9.62. The highest BCUT2D eigenvalue weighted by Crippen LogP contribution is 2.56. The SMILES string of the molecule is CCOC(=O)CCCCN(Cc1ccccc1)C(C)(CC(C)C)C1(c2ccc(Cl)cc2)CCC1. The van der Waals surface area contributed by atoms with Crippen molar-refractivity contribution in [3.63, 3.8) is 0 Å². The predicted molar refractivity (Wildman–Crippen MR) is 142 cm³/mol. The Labute approximate surface area is 211 Å². The second-order valence-electron chi connectivity index (χ2n) is 10.5. The van der Waals surface area contributed by atoms with Crippen molar-refractivity contribution in [1.82, 2.24) is 4.90 Å². The minimum atomic E-state index is -0.0846. The maximum Gasteiger partial charge on any atom is 0.305 e. The predicted octanol–water partition coefficient (Wildman–Crippen LogP) is 7.80. The van der Waals surface area contributed by atoms with Gasteiger partial charge in [0.05, 0.1) is 6.61 Å². The van der Waals surface area contributed by atoms with Crippen LogP contribution in [0.15, 0.2) is 54.6 Å². The van der Waals surface area contributed by atoms with Gasteiger partial charge in [-0.2, -0.15) is 0 Å². The highest BCUT2D eigenvalue weighted by atomic mass is 35.5. The number of benzene rings is 2. The fraction of sp³-hybridized carbons (Fsp3) is 0.567. The fourth-order valence-electron chi connectivity index (χ4n) is 5.97. The Hall–Kier alpha value is -1.84. The highest BCUT2D eigenvalue weighted by molar-refractivity contribution is 6.30. The lowest BCUT2D eigenvalue weighted by Gasteiger charge is -2.60. The van der Waals surface area contributed by atoms with Gasteiger partial charge in [0.2, 0.25) is 0 Å². The summed E-state index contributed by atoms with van der Waals surface area (Å²) in [5, 5.41) is 0.795. The summed E-state index contributed by atoms with van der Waals surface area (Å²) in [6, 6.07) is 19.4. The quantitative estimate of drug-likeness (QED) is 0.215. The molecule has 0 heterocycles. The van der Waals surface area contributed by atoms with Gasteiger partial charge in [-0.25, -0.2) is 0 Å². The summed E-state index contributed by atoms with van der Waals surface area (Å²) in [6.07, 6.45) is 7.12. The number of unbranched alkanes of at least 4 members (excludes halogenated alkanes) is 1. The zero-order valence-electron chi connectivity index (χ0n) is 21.5. The molecule has 0 spiro atoms. The van der Waals surface area contributed by atoms with Crippen LogP contribution in [0.1, 0.15) is 83.8 Å². The second-order valence-corrected chi connectivity index (χ2v) is 10.9. The number of hydrogen-bond donors (Lipinski definition) is 0. The molecule has 0 N–H and O–H groups in total. The molecule has 0 saturated heterocycles. The minimum Gasteiger partial charge on any atom is -0.466 e. The van der Waals surface area contributed by atoms with E-state index in [2.05, 4.69) is 68.1 Å². The lowest BCUT2D eigenvalue weighted by Crippen LogP contribution is -2.64. The van der Waals surface area contributed by atoms with Crippen molar-refractivity contribution < 1.29 is 9.53 Å². The molecule has 0 aromatic heterocycles. The lowest BCUT2D eigenvalue weighted by molar-refractivity contribution is -0.143. The summed E-state index contributed by atoms with van der Waals surface area (Å²) in [4.78, 5) is 14.6. The van der Waals surface area contributed by atoms with Crippen LogP contribution in [0.5, 0.6) is 0 Å². The Bertz CT molecular complexity index is 892. The van der Waals surface area contributed by atoms with E-state index in [0.717, 1.165) is 37.4 Å². The molecule has 1 unspecified atom stereocenters. The van der Waals surface area contributed by atoms with Gasteiger partial charge in [0.1, 0.15) is 0 Å². The van der Waals surface area contributed by atoms with E-state index in [1.807, 2.05) is 19.1 Å². The first-order valence-corrected chi connectivity index (χ1v) is 13.4. The first-order valence-electron chi connectivity index (χ1n) is 13.0. The number of nitrogens with zero attached hydrogens (tertiary/aromatic N) is 1. The molecule has 0 amide bonds. The summed E-state index contributed by atoms with van der Waals surface area (Å²) in [7, 11) is 0. The fourth-order valence-corrected chi connectivity index (χ4v) is 6.09. The van der Waals surface area contributed by atoms with E-state index in [0.29, 0.717) is 18.9 Å². The monoisotopic (exact) mass is 483 g/mol. The number of esters is 1. The first-order chi connectivity index (χ1) is 16.3. The normalized spacial score (nSPS) is 16.8. The van der Waals surface area contributed by atoms with Crippen molar-refractivity contribution in [2.24, 2.45) is 5.92 Å². The maximum atomic E-state index is 11.9. The second kappa shape index (κ2) is 12.2. The van der Waals surface area contributed by atoms with Gasteiger partial charge < -0.3 is 4.74 Å². The van der Waals surface area contributed by atoms with Crippen molar-refractivity contribution in [3.8, 4) is 0 Å². The zero-order valence-corrected chi connectivity index (χ0v) is 22.2. The Morgan fingerprint density at radius 3 is 2.32 bits per heavy atom. The third kappa shape index (κ3) is 6.23. The first kappa shape index (κ1) is 26.8. The maximum absolute atomic E-state index is 11.9. The van der Waals surface area contributed by atoms with Gasteiger partial charge in [-0.3, -0.25) is 9.69 Å². The molecule has 3 nitrogen and oxygen atoms in total. The molecule has 0 bridgehead atoms. The smallest absolute Gasteiger partial charge is 0.305 e. The van der Waals surface area contributed by atoms with Crippen LogP contribution in [0, 0.1) is 5.92 Å². The Morgan fingerprint density at radius 2 is 1.76 bits per heavy atom.